The summed E-state index contributed by atoms with van der Waals surface area (Å²) in [5, 5.41) is 3.03. The molecule has 1 N–H and O–H groups in total. The third kappa shape index (κ3) is 3.79. The Kier molecular flexibility index (Phi) is 5.22. The molecule has 1 amide bonds. The van der Waals surface area contributed by atoms with Crippen LogP contribution < -0.4 is 5.32 Å². The second-order valence-corrected chi connectivity index (χ2v) is 3.90. The molecule has 0 spiro atoms. The van der Waals surface area contributed by atoms with Gasteiger partial charge in [0, 0.05) is 17.0 Å². The zero-order chi connectivity index (χ0) is 13.5. The zero-order valence-corrected chi connectivity index (χ0v) is 10.5. The fraction of sp³-hybridized carbons (Fsp3) is 0.231. The minimum absolute atomic E-state index is 0.0754. The normalized spacial score (nSPS) is 11.2. The molecule has 1 rings (SSSR count). The lowest BCUT2D eigenvalue weighted by Crippen LogP contribution is -2.41. The van der Waals surface area contributed by atoms with Crippen molar-refractivity contribution in [1.82, 2.24) is 5.32 Å². The molecule has 0 unspecified atom stereocenters. The first-order valence-electron chi connectivity index (χ1n) is 5.16. The minimum atomic E-state index is -0.844. The molecule has 1 aromatic rings. The molecule has 18 heavy (non-hydrogen) atoms. The fourth-order valence-corrected chi connectivity index (χ4v) is 1.42. The molecule has 0 aliphatic carbocycles. The first-order valence-corrected chi connectivity index (χ1v) is 5.54. The Hall–Kier alpha value is -1.99. The molecule has 4 nitrogen and oxygen atoms in total. The largest absolute Gasteiger partial charge is 0.467 e. The number of carbonyl (C=O) groups is 2. The number of rotatable bonds is 4. The molecule has 94 valence electrons. The lowest BCUT2D eigenvalue weighted by atomic mass is 10.1. The van der Waals surface area contributed by atoms with Gasteiger partial charge in [-0.05, 0) is 24.3 Å². The molecule has 0 aromatic heterocycles. The Morgan fingerprint density at radius 3 is 2.56 bits per heavy atom. The average molecular weight is 266 g/mol. The van der Waals surface area contributed by atoms with Crippen molar-refractivity contribution in [3.05, 3.63) is 34.9 Å². The monoisotopic (exact) mass is 265 g/mol. The number of esters is 1. The molecule has 1 aromatic carbocycles. The molecule has 0 fully saturated rings. The predicted octanol–water partition coefficient (Wildman–Crippen LogP) is 1.63. The maximum absolute atomic E-state index is 11.8. The molecule has 0 saturated carbocycles. The topological polar surface area (TPSA) is 55.4 Å². The molecule has 0 saturated heterocycles. The number of terminal acetylenes is 1. The van der Waals surface area contributed by atoms with Gasteiger partial charge in [0.05, 0.1) is 7.11 Å². The van der Waals surface area contributed by atoms with Crippen LogP contribution in [0.15, 0.2) is 24.3 Å². The molecular formula is C13H12ClNO3. The summed E-state index contributed by atoms with van der Waals surface area (Å²) in [6, 6.07) is 5.45. The van der Waals surface area contributed by atoms with E-state index in [-0.39, 0.29) is 6.42 Å². The number of amides is 1. The minimum Gasteiger partial charge on any atom is -0.467 e. The SMILES string of the molecule is C#CC[C@@H](NC(=O)c1ccc(Cl)cc1)C(=O)OC. The molecular weight excluding hydrogens is 254 g/mol. The summed E-state index contributed by atoms with van der Waals surface area (Å²) in [5.74, 6) is 1.33. The summed E-state index contributed by atoms with van der Waals surface area (Å²) in [7, 11) is 1.24. The fourth-order valence-electron chi connectivity index (χ4n) is 1.30. The summed E-state index contributed by atoms with van der Waals surface area (Å²) in [6.07, 6.45) is 5.21. The van der Waals surface area contributed by atoms with E-state index in [4.69, 9.17) is 18.0 Å². The quantitative estimate of drug-likeness (QED) is 0.665. The van der Waals surface area contributed by atoms with Gasteiger partial charge in [-0.15, -0.1) is 12.3 Å². The van der Waals surface area contributed by atoms with Crippen LogP contribution >= 0.6 is 11.6 Å². The maximum atomic E-state index is 11.8. The third-order valence-electron chi connectivity index (χ3n) is 2.22. The van der Waals surface area contributed by atoms with Crippen LogP contribution in [0.2, 0.25) is 5.02 Å². The van der Waals surface area contributed by atoms with E-state index in [2.05, 4.69) is 16.0 Å². The van der Waals surface area contributed by atoms with Gasteiger partial charge >= 0.3 is 5.97 Å². The van der Waals surface area contributed by atoms with Crippen LogP contribution in [0.1, 0.15) is 16.8 Å². The number of halogens is 1. The summed E-state index contributed by atoms with van der Waals surface area (Å²) in [6.45, 7) is 0. The molecule has 0 heterocycles. The first-order chi connectivity index (χ1) is 8.58. The van der Waals surface area contributed by atoms with Gasteiger partial charge in [0.15, 0.2) is 0 Å². The highest BCUT2D eigenvalue weighted by atomic mass is 35.5. The van der Waals surface area contributed by atoms with Crippen molar-refractivity contribution in [1.29, 1.82) is 0 Å². The Morgan fingerprint density at radius 1 is 1.44 bits per heavy atom. The van der Waals surface area contributed by atoms with Crippen molar-refractivity contribution in [3.8, 4) is 12.3 Å². The van der Waals surface area contributed by atoms with E-state index < -0.39 is 17.9 Å². The van der Waals surface area contributed by atoms with Crippen LogP contribution in [0.3, 0.4) is 0 Å². The van der Waals surface area contributed by atoms with Crippen molar-refractivity contribution in [2.24, 2.45) is 0 Å². The van der Waals surface area contributed by atoms with E-state index in [0.29, 0.717) is 10.6 Å². The number of hydrogen-bond acceptors (Lipinski definition) is 3. The van der Waals surface area contributed by atoms with Crippen molar-refractivity contribution < 1.29 is 14.3 Å². The zero-order valence-electron chi connectivity index (χ0n) is 9.77. The molecule has 0 bridgehead atoms. The highest BCUT2D eigenvalue weighted by Gasteiger charge is 2.20. The van der Waals surface area contributed by atoms with Gasteiger partial charge in [-0.3, -0.25) is 4.79 Å². The number of ether oxygens (including phenoxy) is 1. The van der Waals surface area contributed by atoms with Gasteiger partial charge in [0.1, 0.15) is 6.04 Å². The number of nitrogens with one attached hydrogen (secondary N) is 1. The van der Waals surface area contributed by atoms with E-state index in [9.17, 15) is 9.59 Å². The third-order valence-corrected chi connectivity index (χ3v) is 2.47. The number of hydrogen-bond donors (Lipinski definition) is 1. The molecule has 1 atom stereocenters. The Bertz CT molecular complexity index is 476. The Labute approximate surface area is 110 Å². The predicted molar refractivity (Wildman–Crippen MR) is 68.2 cm³/mol. The highest BCUT2D eigenvalue weighted by molar-refractivity contribution is 6.30. The van der Waals surface area contributed by atoms with Gasteiger partial charge in [0.25, 0.3) is 5.91 Å². The van der Waals surface area contributed by atoms with Crippen LogP contribution in [-0.2, 0) is 9.53 Å². The van der Waals surface area contributed by atoms with Crippen molar-refractivity contribution in [2.45, 2.75) is 12.5 Å². The van der Waals surface area contributed by atoms with E-state index in [1.54, 1.807) is 24.3 Å². The lowest BCUT2D eigenvalue weighted by molar-refractivity contribution is -0.142. The maximum Gasteiger partial charge on any atom is 0.329 e. The van der Waals surface area contributed by atoms with E-state index in [1.807, 2.05) is 0 Å². The summed E-state index contributed by atoms with van der Waals surface area (Å²) in [4.78, 5) is 23.2. The van der Waals surface area contributed by atoms with E-state index >= 15 is 0 Å². The average Bonchev–Trinajstić information content (AvgIpc) is 2.38. The van der Waals surface area contributed by atoms with Crippen molar-refractivity contribution >= 4 is 23.5 Å². The van der Waals surface area contributed by atoms with Gasteiger partial charge in [-0.1, -0.05) is 11.6 Å². The Morgan fingerprint density at radius 2 is 2.06 bits per heavy atom. The summed E-state index contributed by atoms with van der Waals surface area (Å²) < 4.78 is 4.55. The molecule has 0 aliphatic rings. The molecule has 0 aliphatic heterocycles. The molecule has 5 heteroatoms. The second-order valence-electron chi connectivity index (χ2n) is 3.46. The van der Waals surface area contributed by atoms with Crippen LogP contribution in [0.25, 0.3) is 0 Å². The Balaban J connectivity index is 2.75. The molecule has 0 radical (unpaired) electrons. The number of carbonyl (C=O) groups excluding carboxylic acids is 2. The van der Waals surface area contributed by atoms with Crippen molar-refractivity contribution in [3.63, 3.8) is 0 Å². The summed E-state index contributed by atoms with van der Waals surface area (Å²) in [5.41, 5.74) is 0.394. The van der Waals surface area contributed by atoms with Crippen LogP contribution in [0, 0.1) is 12.3 Å². The lowest BCUT2D eigenvalue weighted by Gasteiger charge is -2.13. The van der Waals surface area contributed by atoms with E-state index in [1.165, 1.54) is 7.11 Å². The number of benzene rings is 1. The second kappa shape index (κ2) is 6.67. The van der Waals surface area contributed by atoms with Gasteiger partial charge < -0.3 is 10.1 Å². The van der Waals surface area contributed by atoms with Gasteiger partial charge in [-0.2, -0.15) is 0 Å². The highest BCUT2D eigenvalue weighted by Crippen LogP contribution is 2.09. The van der Waals surface area contributed by atoms with Crippen LogP contribution in [-0.4, -0.2) is 25.0 Å². The van der Waals surface area contributed by atoms with Crippen molar-refractivity contribution in [2.75, 3.05) is 7.11 Å². The first kappa shape index (κ1) is 14.1. The standard InChI is InChI=1S/C13H12ClNO3/c1-3-4-11(13(17)18-2)15-12(16)9-5-7-10(14)8-6-9/h1,5-8,11H,4H2,2H3,(H,15,16)/t11-/m1/s1. The van der Waals surface area contributed by atoms with Gasteiger partial charge in [0.2, 0.25) is 0 Å². The summed E-state index contributed by atoms with van der Waals surface area (Å²) >= 11 is 5.71. The number of methoxy groups -OCH3 is 1. The van der Waals surface area contributed by atoms with Gasteiger partial charge in [-0.25, -0.2) is 4.79 Å². The van der Waals surface area contributed by atoms with E-state index in [0.717, 1.165) is 0 Å². The van der Waals surface area contributed by atoms with Crippen LogP contribution in [0.5, 0.6) is 0 Å². The van der Waals surface area contributed by atoms with Crippen LogP contribution in [0.4, 0.5) is 0 Å². The smallest absolute Gasteiger partial charge is 0.329 e.